The zero-order valence-corrected chi connectivity index (χ0v) is 37.1. The maximum Gasteiger partial charge on any atom is 0.269 e. The molecule has 0 N–H and O–H groups in total. The Bertz CT molecular complexity index is 3020. The minimum absolute atomic E-state index is 0.00713. The third-order valence-electron chi connectivity index (χ3n) is 12.0. The van der Waals surface area contributed by atoms with Gasteiger partial charge in [-0.2, -0.15) is 0 Å². The third kappa shape index (κ3) is 7.43. The van der Waals surface area contributed by atoms with Gasteiger partial charge in [0.25, 0.3) is 6.33 Å². The number of nitrogens with zero attached hydrogens (tertiary/aromatic N) is 4. The van der Waals surface area contributed by atoms with Crippen LogP contribution in [0, 0.1) is 34.0 Å². The molecule has 0 aliphatic rings. The summed E-state index contributed by atoms with van der Waals surface area (Å²) < 4.78 is 13.3. The Balaban J connectivity index is 1.14. The van der Waals surface area contributed by atoms with Gasteiger partial charge in [0, 0.05) is 29.2 Å². The van der Waals surface area contributed by atoms with Crippen molar-refractivity contribution in [2.24, 2.45) is 0 Å². The number of ether oxygens (including phenoxy) is 1. The van der Waals surface area contributed by atoms with Gasteiger partial charge in [-0.25, -0.2) is 4.98 Å². The number of pyridine rings is 1. The number of hydrogen-bond acceptors (Lipinski definition) is 2. The highest BCUT2D eigenvalue weighted by Gasteiger charge is 2.24. The summed E-state index contributed by atoms with van der Waals surface area (Å²) in [4.78, 5) is 4.88. The van der Waals surface area contributed by atoms with E-state index >= 15 is 0 Å². The Morgan fingerprint density at radius 1 is 0.557 bits per heavy atom. The molecular formula is C56H54N4O. The molecule has 3 heterocycles. The predicted octanol–water partition coefficient (Wildman–Crippen LogP) is 14.0. The van der Waals surface area contributed by atoms with Crippen molar-refractivity contribution in [1.82, 2.24) is 14.1 Å². The van der Waals surface area contributed by atoms with E-state index in [2.05, 4.69) is 223 Å². The van der Waals surface area contributed by atoms with Gasteiger partial charge < -0.3 is 4.74 Å². The van der Waals surface area contributed by atoms with E-state index in [1.54, 1.807) is 0 Å². The molecule has 5 heteroatoms. The van der Waals surface area contributed by atoms with Crippen LogP contribution in [0.5, 0.6) is 11.5 Å². The first-order valence-electron chi connectivity index (χ1n) is 21.3. The molecule has 6 aromatic carbocycles. The molecule has 61 heavy (non-hydrogen) atoms. The first kappa shape index (κ1) is 39.7. The SMILES string of the molecule is Cc1cccc(C)c1-c1cc(-c2c(C)cccc2C)cc(-[n+]2[c-]n(-c3cccc(Oc4ccc5c6ccccc6n(-c6cc(C(C)(C)C)ccn6)c5c4)c3)c(C(C)(C)C)c2)c1. The van der Waals surface area contributed by atoms with Gasteiger partial charge in [0.05, 0.1) is 28.1 Å². The van der Waals surface area contributed by atoms with Gasteiger partial charge in [0.2, 0.25) is 0 Å². The van der Waals surface area contributed by atoms with Crippen LogP contribution in [0.15, 0.2) is 146 Å². The van der Waals surface area contributed by atoms with E-state index in [1.165, 1.54) is 55.5 Å². The second-order valence-corrected chi connectivity index (χ2v) is 18.7. The number of aryl methyl sites for hydroxylation is 4. The Hall–Kier alpha value is -6.72. The second-order valence-electron chi connectivity index (χ2n) is 18.7. The molecule has 5 nitrogen and oxygen atoms in total. The Morgan fingerprint density at radius 2 is 1.16 bits per heavy atom. The van der Waals surface area contributed by atoms with Crippen LogP contribution in [-0.2, 0) is 10.8 Å². The maximum atomic E-state index is 6.74. The van der Waals surface area contributed by atoms with Crippen LogP contribution in [0.3, 0.4) is 0 Å². The van der Waals surface area contributed by atoms with Gasteiger partial charge in [0.15, 0.2) is 0 Å². The quantitative estimate of drug-likeness (QED) is 0.119. The first-order valence-corrected chi connectivity index (χ1v) is 21.3. The maximum absolute atomic E-state index is 6.74. The molecule has 9 aromatic rings. The smallest absolute Gasteiger partial charge is 0.269 e. The zero-order chi connectivity index (χ0) is 42.8. The molecule has 0 fully saturated rings. The normalized spacial score (nSPS) is 12.1. The average molecular weight is 799 g/mol. The second kappa shape index (κ2) is 15.1. The van der Waals surface area contributed by atoms with Crippen molar-refractivity contribution in [2.75, 3.05) is 0 Å². The lowest BCUT2D eigenvalue weighted by molar-refractivity contribution is -0.599. The molecule has 0 saturated heterocycles. The Labute approximate surface area is 360 Å². The first-order chi connectivity index (χ1) is 29.1. The lowest BCUT2D eigenvalue weighted by Gasteiger charge is -2.21. The summed E-state index contributed by atoms with van der Waals surface area (Å²) in [5.74, 6) is 2.39. The van der Waals surface area contributed by atoms with Crippen LogP contribution < -0.4 is 9.30 Å². The molecule has 0 amide bonds. The largest absolute Gasteiger partial charge is 0.458 e. The summed E-state index contributed by atoms with van der Waals surface area (Å²) in [7, 11) is 0. The van der Waals surface area contributed by atoms with Crippen LogP contribution in [0.4, 0.5) is 0 Å². The predicted molar refractivity (Wildman–Crippen MR) is 252 cm³/mol. The molecule has 0 radical (unpaired) electrons. The standard InChI is InChI=1S/C56H54N4O/c1-36-16-13-17-37(2)53(36)40-28-41(54-38(3)18-14-19-39(54)4)30-44(29-40)58-34-51(56(8,9)10)59(35-58)43-20-15-21-45(32-43)61-46-24-25-48-47-22-11-12-23-49(47)60(50(48)33-46)52-31-42(26-27-57-52)55(5,6)7/h11-34H,1-10H3. The summed E-state index contributed by atoms with van der Waals surface area (Å²) >= 11 is 0. The molecule has 0 aliphatic carbocycles. The lowest BCUT2D eigenvalue weighted by Crippen LogP contribution is -2.28. The van der Waals surface area contributed by atoms with E-state index in [-0.39, 0.29) is 10.8 Å². The zero-order valence-electron chi connectivity index (χ0n) is 37.1. The van der Waals surface area contributed by atoms with E-state index in [0.29, 0.717) is 0 Å². The van der Waals surface area contributed by atoms with Crippen molar-refractivity contribution in [3.8, 4) is 50.9 Å². The van der Waals surface area contributed by atoms with Crippen molar-refractivity contribution in [1.29, 1.82) is 0 Å². The topological polar surface area (TPSA) is 35.9 Å². The molecule has 9 rings (SSSR count). The monoisotopic (exact) mass is 798 g/mol. The number of benzene rings is 6. The van der Waals surface area contributed by atoms with Crippen molar-refractivity contribution in [3.63, 3.8) is 0 Å². The summed E-state index contributed by atoms with van der Waals surface area (Å²) in [6.45, 7) is 22.3. The fourth-order valence-electron chi connectivity index (χ4n) is 8.90. The number of imidazole rings is 1. The number of aromatic nitrogens is 4. The van der Waals surface area contributed by atoms with Gasteiger partial charge in [-0.3, -0.25) is 13.7 Å². The van der Waals surface area contributed by atoms with Crippen LogP contribution in [-0.4, -0.2) is 14.1 Å². The summed E-state index contributed by atoms with van der Waals surface area (Å²) in [5.41, 5.74) is 16.3. The van der Waals surface area contributed by atoms with Gasteiger partial charge >= 0.3 is 0 Å². The fourth-order valence-corrected chi connectivity index (χ4v) is 8.90. The van der Waals surface area contributed by atoms with E-state index in [0.717, 1.165) is 50.8 Å². The van der Waals surface area contributed by atoms with Crippen molar-refractivity contribution in [3.05, 3.63) is 186 Å². The number of rotatable bonds is 7. The van der Waals surface area contributed by atoms with Crippen molar-refractivity contribution in [2.45, 2.75) is 80.1 Å². The Morgan fingerprint density at radius 3 is 1.80 bits per heavy atom. The number of hydrogen-bond donors (Lipinski definition) is 0. The van der Waals surface area contributed by atoms with E-state index in [1.807, 2.05) is 12.3 Å². The molecular weight excluding hydrogens is 745 g/mol. The average Bonchev–Trinajstić information content (AvgIpc) is 3.82. The fraction of sp³-hybridized carbons (Fsp3) is 0.214. The van der Waals surface area contributed by atoms with E-state index < -0.39 is 0 Å². The molecule has 3 aromatic heterocycles. The van der Waals surface area contributed by atoms with Crippen LogP contribution in [0.25, 0.3) is 61.3 Å². The van der Waals surface area contributed by atoms with Gasteiger partial charge in [-0.05, 0) is 155 Å². The molecule has 0 spiro atoms. The molecule has 0 unspecified atom stereocenters. The van der Waals surface area contributed by atoms with Crippen LogP contribution in [0.1, 0.15) is 75.1 Å². The van der Waals surface area contributed by atoms with Crippen molar-refractivity contribution < 1.29 is 9.30 Å². The van der Waals surface area contributed by atoms with Gasteiger partial charge in [0.1, 0.15) is 17.3 Å². The minimum atomic E-state index is -0.185. The number of fused-ring (bicyclic) bond motifs is 3. The third-order valence-corrected chi connectivity index (χ3v) is 12.0. The van der Waals surface area contributed by atoms with Gasteiger partial charge in [-0.1, -0.05) is 102 Å². The highest BCUT2D eigenvalue weighted by molar-refractivity contribution is 6.09. The molecule has 0 aliphatic heterocycles. The highest BCUT2D eigenvalue weighted by Crippen LogP contribution is 2.38. The summed E-state index contributed by atoms with van der Waals surface area (Å²) in [6, 6.07) is 47.6. The van der Waals surface area contributed by atoms with Crippen LogP contribution >= 0.6 is 0 Å². The lowest BCUT2D eigenvalue weighted by atomic mass is 9.88. The number of para-hydroxylation sites is 1. The molecule has 0 bridgehead atoms. The van der Waals surface area contributed by atoms with Crippen molar-refractivity contribution >= 4 is 21.8 Å². The highest BCUT2D eigenvalue weighted by atomic mass is 16.5. The molecule has 0 atom stereocenters. The summed E-state index contributed by atoms with van der Waals surface area (Å²) in [6.07, 6.45) is 7.93. The summed E-state index contributed by atoms with van der Waals surface area (Å²) in [5, 5.41) is 2.34. The molecule has 304 valence electrons. The van der Waals surface area contributed by atoms with Gasteiger partial charge in [-0.15, -0.1) is 0 Å². The van der Waals surface area contributed by atoms with E-state index in [9.17, 15) is 0 Å². The van der Waals surface area contributed by atoms with Crippen LogP contribution in [0.2, 0.25) is 0 Å². The minimum Gasteiger partial charge on any atom is -0.458 e. The van der Waals surface area contributed by atoms with E-state index in [4.69, 9.17) is 9.72 Å². The Kier molecular flexibility index (Phi) is 9.82. The molecule has 0 saturated carbocycles.